The minimum Gasteiger partial charge on any atom is -0.508 e. The predicted molar refractivity (Wildman–Crippen MR) is 224 cm³/mol. The van der Waals surface area contributed by atoms with Crippen molar-refractivity contribution >= 4 is 43.6 Å². The minimum atomic E-state index is 0.265. The molecular formula is C50H36N2O. The molecule has 1 N–H and O–H groups in total. The fourth-order valence-electron chi connectivity index (χ4n) is 7.81. The predicted octanol–water partition coefficient (Wildman–Crippen LogP) is 13.4. The maximum absolute atomic E-state index is 10.5. The molecule has 0 radical (unpaired) electrons. The fourth-order valence-corrected chi connectivity index (χ4v) is 7.81. The first-order valence-corrected chi connectivity index (χ1v) is 17.8. The standard InChI is InChI=1S/C48H32N2O.C2H4/c51-40-22-25-48-44(31-40)43-30-35(21-24-47(43)49(48)38-16-8-3-9-17-38)34-20-23-46-42(29-34)41-18-10-11-19-45(41)50(46)39-27-36(32-12-4-1-5-13-32)26-37(28-39)33-14-6-2-7-15-33;1-2/h1-31,51H;1-2H2. The first kappa shape index (κ1) is 31.9. The Hall–Kier alpha value is -7.10. The van der Waals surface area contributed by atoms with Crippen molar-refractivity contribution in [1.29, 1.82) is 0 Å². The number of hydrogen-bond donors (Lipinski definition) is 1. The molecule has 2 aromatic heterocycles. The van der Waals surface area contributed by atoms with Crippen LogP contribution in [0.4, 0.5) is 0 Å². The second-order valence-corrected chi connectivity index (χ2v) is 13.2. The molecule has 0 unspecified atom stereocenters. The molecule has 3 nitrogen and oxygen atoms in total. The summed E-state index contributed by atoms with van der Waals surface area (Å²) < 4.78 is 4.69. The second-order valence-electron chi connectivity index (χ2n) is 13.2. The van der Waals surface area contributed by atoms with E-state index in [1.54, 1.807) is 6.07 Å². The van der Waals surface area contributed by atoms with E-state index < -0.39 is 0 Å². The summed E-state index contributed by atoms with van der Waals surface area (Å²) in [7, 11) is 0. The van der Waals surface area contributed by atoms with E-state index in [-0.39, 0.29) is 5.75 Å². The van der Waals surface area contributed by atoms with Gasteiger partial charge in [0.05, 0.1) is 22.1 Å². The first-order chi connectivity index (χ1) is 26.2. The van der Waals surface area contributed by atoms with Gasteiger partial charge in [0.2, 0.25) is 0 Å². The van der Waals surface area contributed by atoms with Crippen LogP contribution in [-0.2, 0) is 0 Å². The average molecular weight is 681 g/mol. The second kappa shape index (κ2) is 13.2. The number of phenols is 1. The van der Waals surface area contributed by atoms with Crippen LogP contribution in [0.5, 0.6) is 5.75 Å². The van der Waals surface area contributed by atoms with Crippen molar-refractivity contribution in [2.45, 2.75) is 0 Å². The quantitative estimate of drug-likeness (QED) is 0.180. The largest absolute Gasteiger partial charge is 0.508 e. The topological polar surface area (TPSA) is 30.1 Å². The summed E-state index contributed by atoms with van der Waals surface area (Å²) in [6.45, 7) is 6.00. The Kier molecular flexibility index (Phi) is 7.95. The van der Waals surface area contributed by atoms with Gasteiger partial charge in [-0.05, 0) is 112 Å². The summed E-state index contributed by atoms with van der Waals surface area (Å²) >= 11 is 0. The third kappa shape index (κ3) is 5.47. The first-order valence-electron chi connectivity index (χ1n) is 17.8. The maximum atomic E-state index is 10.5. The maximum Gasteiger partial charge on any atom is 0.116 e. The van der Waals surface area contributed by atoms with Gasteiger partial charge in [-0.2, -0.15) is 0 Å². The SMILES string of the molecule is C=C.Oc1ccc2c(c1)c1cc(-c3ccc4c(c3)c3ccccc3n4-c3cc(-c4ccccc4)cc(-c4ccccc4)c3)ccc1n2-c1ccccc1. The molecule has 0 atom stereocenters. The number of fused-ring (bicyclic) bond motifs is 6. The normalized spacial score (nSPS) is 11.2. The van der Waals surface area contributed by atoms with Crippen molar-refractivity contribution in [3.8, 4) is 50.5 Å². The molecule has 0 aliphatic rings. The number of para-hydroxylation sites is 2. The average Bonchev–Trinajstić information content (AvgIpc) is 3.74. The molecule has 3 heteroatoms. The molecule has 252 valence electrons. The van der Waals surface area contributed by atoms with Crippen LogP contribution in [0.2, 0.25) is 0 Å². The van der Waals surface area contributed by atoms with Gasteiger partial charge in [-0.1, -0.05) is 109 Å². The lowest BCUT2D eigenvalue weighted by molar-refractivity contribution is 0.476. The number of benzene rings is 8. The van der Waals surface area contributed by atoms with Crippen molar-refractivity contribution in [3.63, 3.8) is 0 Å². The van der Waals surface area contributed by atoms with Crippen molar-refractivity contribution in [1.82, 2.24) is 9.13 Å². The monoisotopic (exact) mass is 680 g/mol. The fraction of sp³-hybridized carbons (Fsp3) is 0. The van der Waals surface area contributed by atoms with Gasteiger partial charge in [-0.15, -0.1) is 13.2 Å². The molecule has 0 bridgehead atoms. The van der Waals surface area contributed by atoms with Crippen molar-refractivity contribution in [2.75, 3.05) is 0 Å². The van der Waals surface area contributed by atoms with E-state index in [1.807, 2.05) is 18.2 Å². The van der Waals surface area contributed by atoms with E-state index in [1.165, 1.54) is 38.5 Å². The molecule has 0 spiro atoms. The van der Waals surface area contributed by atoms with Gasteiger partial charge in [0.25, 0.3) is 0 Å². The lowest BCUT2D eigenvalue weighted by Crippen LogP contribution is -1.96. The Balaban J connectivity index is 0.00000183. The molecule has 0 aliphatic heterocycles. The summed E-state index contributed by atoms with van der Waals surface area (Å²) in [5.74, 6) is 0.265. The summed E-state index contributed by atoms with van der Waals surface area (Å²) in [5.41, 5.74) is 13.8. The molecule has 10 rings (SSSR count). The molecule has 0 saturated heterocycles. The highest BCUT2D eigenvalue weighted by molar-refractivity contribution is 6.13. The summed E-state index contributed by atoms with van der Waals surface area (Å²) in [6.07, 6.45) is 0. The zero-order chi connectivity index (χ0) is 35.9. The molecule has 10 aromatic rings. The number of aromatic nitrogens is 2. The molecular weight excluding hydrogens is 645 g/mol. The number of rotatable bonds is 5. The van der Waals surface area contributed by atoms with Crippen molar-refractivity contribution in [3.05, 3.63) is 201 Å². The van der Waals surface area contributed by atoms with Gasteiger partial charge in [-0.25, -0.2) is 0 Å². The van der Waals surface area contributed by atoms with Gasteiger partial charge in [0.15, 0.2) is 0 Å². The van der Waals surface area contributed by atoms with Gasteiger partial charge in [-0.3, -0.25) is 0 Å². The Bertz CT molecular complexity index is 2860. The summed E-state index contributed by atoms with van der Waals surface area (Å²) in [5, 5.41) is 15.1. The van der Waals surface area contributed by atoms with Crippen molar-refractivity contribution < 1.29 is 5.11 Å². The Morgan fingerprint density at radius 3 is 1.32 bits per heavy atom. The molecule has 0 amide bonds. The van der Waals surface area contributed by atoms with Crippen LogP contribution in [0.25, 0.3) is 88.4 Å². The molecule has 2 heterocycles. The zero-order valence-electron chi connectivity index (χ0n) is 29.2. The highest BCUT2D eigenvalue weighted by Gasteiger charge is 2.17. The van der Waals surface area contributed by atoms with Crippen molar-refractivity contribution in [2.24, 2.45) is 0 Å². The van der Waals surface area contributed by atoms with E-state index in [0.29, 0.717) is 0 Å². The third-order valence-corrected chi connectivity index (χ3v) is 10.2. The highest BCUT2D eigenvalue weighted by atomic mass is 16.3. The minimum absolute atomic E-state index is 0.265. The van der Waals surface area contributed by atoms with Gasteiger partial charge in [0, 0.05) is 32.9 Å². The van der Waals surface area contributed by atoms with Gasteiger partial charge in [0.1, 0.15) is 5.75 Å². The highest BCUT2D eigenvalue weighted by Crippen LogP contribution is 2.40. The lowest BCUT2D eigenvalue weighted by Gasteiger charge is -2.14. The molecule has 0 fully saturated rings. The van der Waals surface area contributed by atoms with E-state index in [2.05, 4.69) is 186 Å². The summed E-state index contributed by atoms with van der Waals surface area (Å²) in [4.78, 5) is 0. The van der Waals surface area contributed by atoms with Crippen LogP contribution in [0.1, 0.15) is 0 Å². The third-order valence-electron chi connectivity index (χ3n) is 10.2. The van der Waals surface area contributed by atoms with Crippen LogP contribution in [-0.4, -0.2) is 14.2 Å². The van der Waals surface area contributed by atoms with E-state index in [0.717, 1.165) is 49.8 Å². The van der Waals surface area contributed by atoms with E-state index in [9.17, 15) is 5.11 Å². The summed E-state index contributed by atoms with van der Waals surface area (Å²) in [6, 6.07) is 66.5. The molecule has 0 saturated carbocycles. The molecule has 53 heavy (non-hydrogen) atoms. The smallest absolute Gasteiger partial charge is 0.116 e. The van der Waals surface area contributed by atoms with E-state index >= 15 is 0 Å². The zero-order valence-corrected chi connectivity index (χ0v) is 29.2. The molecule has 0 aliphatic carbocycles. The molecule has 8 aromatic carbocycles. The van der Waals surface area contributed by atoms with E-state index in [4.69, 9.17) is 0 Å². The van der Waals surface area contributed by atoms with Crippen LogP contribution in [0.15, 0.2) is 201 Å². The number of aromatic hydroxyl groups is 1. The van der Waals surface area contributed by atoms with Crippen LogP contribution in [0.3, 0.4) is 0 Å². The van der Waals surface area contributed by atoms with Gasteiger partial charge >= 0.3 is 0 Å². The number of phenolic OH excluding ortho intramolecular Hbond substituents is 1. The number of hydrogen-bond acceptors (Lipinski definition) is 1. The Labute approximate surface area is 308 Å². The Morgan fingerprint density at radius 2 is 0.736 bits per heavy atom. The van der Waals surface area contributed by atoms with Crippen LogP contribution in [0, 0.1) is 0 Å². The lowest BCUT2D eigenvalue weighted by atomic mass is 9.98. The van der Waals surface area contributed by atoms with Gasteiger partial charge < -0.3 is 14.2 Å². The Morgan fingerprint density at radius 1 is 0.302 bits per heavy atom. The van der Waals surface area contributed by atoms with Crippen LogP contribution >= 0.6 is 0 Å². The van der Waals surface area contributed by atoms with Crippen LogP contribution < -0.4 is 0 Å². The number of nitrogens with zero attached hydrogens (tertiary/aromatic N) is 2.